The van der Waals surface area contributed by atoms with Crippen molar-refractivity contribution in [1.29, 1.82) is 0 Å². The van der Waals surface area contributed by atoms with Crippen LogP contribution in [-0.2, 0) is 0 Å². The first-order valence-corrected chi connectivity index (χ1v) is 8.66. The molecule has 0 unspecified atom stereocenters. The predicted octanol–water partition coefficient (Wildman–Crippen LogP) is 4.12. The number of aromatic nitrogens is 3. The molecule has 0 spiro atoms. The minimum absolute atomic E-state index is 0.697. The van der Waals surface area contributed by atoms with E-state index >= 15 is 0 Å². The molecule has 0 amide bonds. The molecule has 1 fully saturated rings. The van der Waals surface area contributed by atoms with E-state index in [-0.39, 0.29) is 0 Å². The second kappa shape index (κ2) is 6.98. The van der Waals surface area contributed by atoms with E-state index in [2.05, 4.69) is 51.3 Å². The average molecular weight is 302 g/mol. The molecule has 3 rings (SSSR count). The molecular weight excluding hydrogens is 280 g/mol. The Kier molecular flexibility index (Phi) is 4.80. The average Bonchev–Trinajstić information content (AvgIpc) is 2.98. The summed E-state index contributed by atoms with van der Waals surface area (Å²) in [6.07, 6.45) is 8.50. The van der Waals surface area contributed by atoms with E-state index in [1.54, 1.807) is 0 Å². The summed E-state index contributed by atoms with van der Waals surface area (Å²) in [5.74, 6) is 0. The zero-order valence-electron chi connectivity index (χ0n) is 12.5. The van der Waals surface area contributed by atoms with Crippen molar-refractivity contribution in [2.75, 3.05) is 11.9 Å². The van der Waals surface area contributed by atoms with Crippen molar-refractivity contribution >= 4 is 17.4 Å². The zero-order valence-corrected chi connectivity index (χ0v) is 13.3. The first-order chi connectivity index (χ1) is 10.4. The molecule has 4 nitrogen and oxygen atoms in total. The molecular formula is C16H22N4S. The van der Waals surface area contributed by atoms with E-state index in [0.717, 1.165) is 23.1 Å². The Bertz CT molecular complexity index is 558. The van der Waals surface area contributed by atoms with Gasteiger partial charge in [0.15, 0.2) is 5.16 Å². The molecule has 21 heavy (non-hydrogen) atoms. The van der Waals surface area contributed by atoms with Crippen molar-refractivity contribution in [3.63, 3.8) is 0 Å². The Hall–Kier alpha value is -1.49. The van der Waals surface area contributed by atoms with Gasteiger partial charge in [0.2, 0.25) is 0 Å². The van der Waals surface area contributed by atoms with Gasteiger partial charge in [0.25, 0.3) is 0 Å². The molecule has 1 aliphatic rings. The van der Waals surface area contributed by atoms with E-state index in [9.17, 15) is 0 Å². The summed E-state index contributed by atoms with van der Waals surface area (Å²) in [5.41, 5.74) is 2.27. The minimum Gasteiger partial charge on any atom is -0.385 e. The normalized spacial score (nSPS) is 16.0. The number of rotatable bonds is 5. The standard InChI is InChI=1S/C16H22N4S/c1-2-17-13-8-10-14(11-9-13)20-12-18-19-16(20)21-15-6-4-3-5-7-15/h8-12,15,17H,2-7H2,1H3. The van der Waals surface area contributed by atoms with Crippen LogP contribution in [0.5, 0.6) is 0 Å². The summed E-state index contributed by atoms with van der Waals surface area (Å²) in [4.78, 5) is 0. The SMILES string of the molecule is CCNc1ccc(-n2cnnc2SC2CCCCC2)cc1. The van der Waals surface area contributed by atoms with Crippen LogP contribution in [0.1, 0.15) is 39.0 Å². The highest BCUT2D eigenvalue weighted by molar-refractivity contribution is 7.99. The molecule has 0 atom stereocenters. The van der Waals surface area contributed by atoms with Gasteiger partial charge >= 0.3 is 0 Å². The van der Waals surface area contributed by atoms with Crippen molar-refractivity contribution in [1.82, 2.24) is 14.8 Å². The highest BCUT2D eigenvalue weighted by atomic mass is 32.2. The Balaban J connectivity index is 1.74. The molecule has 5 heteroatoms. The molecule has 0 radical (unpaired) electrons. The van der Waals surface area contributed by atoms with Crippen LogP contribution >= 0.6 is 11.8 Å². The Morgan fingerprint density at radius 2 is 1.95 bits per heavy atom. The maximum absolute atomic E-state index is 4.31. The van der Waals surface area contributed by atoms with Crippen molar-refractivity contribution in [3.05, 3.63) is 30.6 Å². The Morgan fingerprint density at radius 1 is 1.19 bits per heavy atom. The van der Waals surface area contributed by atoms with Crippen molar-refractivity contribution < 1.29 is 0 Å². The number of nitrogens with one attached hydrogen (secondary N) is 1. The Labute approximate surface area is 130 Å². The lowest BCUT2D eigenvalue weighted by molar-refractivity contribution is 0.515. The van der Waals surface area contributed by atoms with E-state index < -0.39 is 0 Å². The van der Waals surface area contributed by atoms with Crippen molar-refractivity contribution in [3.8, 4) is 5.69 Å². The third-order valence-corrected chi connectivity index (χ3v) is 5.16. The molecule has 1 aromatic carbocycles. The van der Waals surface area contributed by atoms with E-state index in [1.807, 2.05) is 18.1 Å². The molecule has 1 aliphatic carbocycles. The van der Waals surface area contributed by atoms with Gasteiger partial charge in [0.05, 0.1) is 0 Å². The van der Waals surface area contributed by atoms with Gasteiger partial charge in [-0.2, -0.15) is 0 Å². The Morgan fingerprint density at radius 3 is 2.67 bits per heavy atom. The molecule has 1 aromatic heterocycles. The zero-order chi connectivity index (χ0) is 14.5. The van der Waals surface area contributed by atoms with Crippen LogP contribution in [0.3, 0.4) is 0 Å². The topological polar surface area (TPSA) is 42.7 Å². The van der Waals surface area contributed by atoms with E-state index in [1.165, 1.54) is 32.1 Å². The highest BCUT2D eigenvalue weighted by Crippen LogP contribution is 2.33. The highest BCUT2D eigenvalue weighted by Gasteiger charge is 2.18. The molecule has 1 N–H and O–H groups in total. The van der Waals surface area contributed by atoms with Gasteiger partial charge in [0.1, 0.15) is 6.33 Å². The molecule has 1 heterocycles. The van der Waals surface area contributed by atoms with Gasteiger partial charge < -0.3 is 5.32 Å². The van der Waals surface area contributed by atoms with Crippen LogP contribution in [0, 0.1) is 0 Å². The number of hydrogen-bond donors (Lipinski definition) is 1. The van der Waals surface area contributed by atoms with Gasteiger partial charge in [-0.15, -0.1) is 10.2 Å². The summed E-state index contributed by atoms with van der Waals surface area (Å²) in [6, 6.07) is 8.44. The molecule has 0 bridgehead atoms. The monoisotopic (exact) mass is 302 g/mol. The van der Waals surface area contributed by atoms with Gasteiger partial charge in [0, 0.05) is 23.2 Å². The van der Waals surface area contributed by atoms with Gasteiger partial charge in [-0.1, -0.05) is 31.0 Å². The fourth-order valence-electron chi connectivity index (χ4n) is 2.76. The van der Waals surface area contributed by atoms with E-state index in [0.29, 0.717) is 5.25 Å². The number of benzene rings is 1. The van der Waals surface area contributed by atoms with Crippen LogP contribution in [-0.4, -0.2) is 26.6 Å². The third-order valence-electron chi connectivity index (χ3n) is 3.87. The lowest BCUT2D eigenvalue weighted by Crippen LogP contribution is -2.09. The predicted molar refractivity (Wildman–Crippen MR) is 88.3 cm³/mol. The van der Waals surface area contributed by atoms with Crippen LogP contribution < -0.4 is 5.32 Å². The maximum Gasteiger partial charge on any atom is 0.195 e. The van der Waals surface area contributed by atoms with Gasteiger partial charge in [-0.25, -0.2) is 0 Å². The third kappa shape index (κ3) is 3.59. The number of anilines is 1. The lowest BCUT2D eigenvalue weighted by atomic mass is 10.0. The summed E-state index contributed by atoms with van der Waals surface area (Å²) >= 11 is 1.88. The first kappa shape index (κ1) is 14.4. The first-order valence-electron chi connectivity index (χ1n) is 7.78. The quantitative estimate of drug-likeness (QED) is 0.902. The summed E-state index contributed by atoms with van der Waals surface area (Å²) < 4.78 is 2.09. The second-order valence-corrected chi connectivity index (χ2v) is 6.71. The maximum atomic E-state index is 4.31. The largest absolute Gasteiger partial charge is 0.385 e. The molecule has 2 aromatic rings. The van der Waals surface area contributed by atoms with Crippen LogP contribution in [0.2, 0.25) is 0 Å². The van der Waals surface area contributed by atoms with Crippen LogP contribution in [0.15, 0.2) is 35.7 Å². The molecule has 1 saturated carbocycles. The minimum atomic E-state index is 0.697. The van der Waals surface area contributed by atoms with Gasteiger partial charge in [-0.05, 0) is 44.0 Å². The summed E-state index contributed by atoms with van der Waals surface area (Å²) in [7, 11) is 0. The smallest absolute Gasteiger partial charge is 0.195 e. The van der Waals surface area contributed by atoms with Crippen molar-refractivity contribution in [2.45, 2.75) is 49.4 Å². The number of hydrogen-bond acceptors (Lipinski definition) is 4. The fourth-order valence-corrected chi connectivity index (χ4v) is 3.99. The number of nitrogens with zero attached hydrogens (tertiary/aromatic N) is 3. The fraction of sp³-hybridized carbons (Fsp3) is 0.500. The van der Waals surface area contributed by atoms with Crippen LogP contribution in [0.4, 0.5) is 5.69 Å². The molecule has 0 aliphatic heterocycles. The summed E-state index contributed by atoms with van der Waals surface area (Å²) in [6.45, 7) is 3.04. The molecule has 112 valence electrons. The lowest BCUT2D eigenvalue weighted by Gasteiger charge is -2.20. The van der Waals surface area contributed by atoms with E-state index in [4.69, 9.17) is 0 Å². The molecule has 0 saturated heterocycles. The van der Waals surface area contributed by atoms with Crippen molar-refractivity contribution in [2.24, 2.45) is 0 Å². The van der Waals surface area contributed by atoms with Gasteiger partial charge in [-0.3, -0.25) is 4.57 Å². The van der Waals surface area contributed by atoms with Crippen LogP contribution in [0.25, 0.3) is 5.69 Å². The second-order valence-electron chi connectivity index (χ2n) is 5.44. The number of thioether (sulfide) groups is 1. The summed E-state index contributed by atoms with van der Waals surface area (Å²) in [5, 5.41) is 13.4.